The molecule has 1 aromatic carbocycles. The fourth-order valence-corrected chi connectivity index (χ4v) is 2.47. The van der Waals surface area contributed by atoms with Crippen LogP contribution in [0.15, 0.2) is 22.6 Å². The van der Waals surface area contributed by atoms with E-state index in [0.717, 1.165) is 6.54 Å². The predicted octanol–water partition coefficient (Wildman–Crippen LogP) is 3.58. The molecule has 20 heavy (non-hydrogen) atoms. The van der Waals surface area contributed by atoms with Gasteiger partial charge >= 0.3 is 0 Å². The van der Waals surface area contributed by atoms with Gasteiger partial charge in [-0.05, 0) is 30.2 Å². The summed E-state index contributed by atoms with van der Waals surface area (Å²) in [6, 6.07) is 4.89. The molecule has 0 unspecified atom stereocenters. The Morgan fingerprint density at radius 3 is 2.85 bits per heavy atom. The molecule has 0 spiro atoms. The molecule has 1 heterocycles. The summed E-state index contributed by atoms with van der Waals surface area (Å²) >= 11 is 0. The van der Waals surface area contributed by atoms with E-state index in [9.17, 15) is 10.1 Å². The average Bonchev–Trinajstić information content (AvgIpc) is 3.09. The summed E-state index contributed by atoms with van der Waals surface area (Å²) < 4.78 is 5.54. The first-order chi connectivity index (χ1) is 9.50. The zero-order valence-electron chi connectivity index (χ0n) is 11.5. The maximum absolute atomic E-state index is 10.7. The largest absolute Gasteiger partial charge is 0.423 e. The van der Waals surface area contributed by atoms with Gasteiger partial charge in [-0.3, -0.25) is 10.1 Å². The zero-order chi connectivity index (χ0) is 14.3. The molecule has 1 aliphatic rings. The second-order valence-electron chi connectivity index (χ2n) is 5.80. The van der Waals surface area contributed by atoms with E-state index in [2.05, 4.69) is 24.1 Å². The lowest BCUT2D eigenvalue weighted by molar-refractivity contribution is -0.384. The molecule has 2 aromatic rings. The average molecular weight is 275 g/mol. The Hall–Kier alpha value is -2.11. The van der Waals surface area contributed by atoms with Crippen molar-refractivity contribution in [3.8, 4) is 0 Å². The number of benzene rings is 1. The van der Waals surface area contributed by atoms with Gasteiger partial charge < -0.3 is 9.73 Å². The Labute approximate surface area is 116 Å². The van der Waals surface area contributed by atoms with E-state index in [1.54, 1.807) is 6.07 Å². The molecule has 1 saturated carbocycles. The highest BCUT2D eigenvalue weighted by atomic mass is 16.6. The number of nitrogens with zero attached hydrogens (tertiary/aromatic N) is 2. The van der Waals surface area contributed by atoms with Gasteiger partial charge in [0.25, 0.3) is 11.7 Å². The summed E-state index contributed by atoms with van der Waals surface area (Å²) in [6.07, 6.45) is 2.45. The number of oxazole rings is 1. The van der Waals surface area contributed by atoms with E-state index in [-0.39, 0.29) is 5.69 Å². The number of hydrogen-bond donors (Lipinski definition) is 1. The van der Waals surface area contributed by atoms with E-state index in [0.29, 0.717) is 28.4 Å². The van der Waals surface area contributed by atoms with Crippen LogP contribution in [-0.2, 0) is 0 Å². The summed E-state index contributed by atoms with van der Waals surface area (Å²) in [5.41, 5.74) is 1.44. The van der Waals surface area contributed by atoms with Crippen molar-refractivity contribution in [2.24, 2.45) is 11.3 Å². The van der Waals surface area contributed by atoms with Crippen LogP contribution in [0.3, 0.4) is 0 Å². The second-order valence-corrected chi connectivity index (χ2v) is 5.80. The van der Waals surface area contributed by atoms with Gasteiger partial charge in [0.2, 0.25) is 0 Å². The van der Waals surface area contributed by atoms with Crippen LogP contribution in [-0.4, -0.2) is 16.5 Å². The van der Waals surface area contributed by atoms with Crippen molar-refractivity contribution in [3.63, 3.8) is 0 Å². The zero-order valence-corrected chi connectivity index (χ0v) is 11.5. The number of aromatic nitrogens is 1. The summed E-state index contributed by atoms with van der Waals surface area (Å²) in [5, 5.41) is 13.9. The Morgan fingerprint density at radius 1 is 1.50 bits per heavy atom. The number of anilines is 1. The Kier molecular flexibility index (Phi) is 2.88. The van der Waals surface area contributed by atoms with Gasteiger partial charge in [-0.25, -0.2) is 0 Å². The molecule has 1 N–H and O–H groups in total. The molecule has 0 radical (unpaired) electrons. The quantitative estimate of drug-likeness (QED) is 0.666. The van der Waals surface area contributed by atoms with E-state index >= 15 is 0 Å². The molecule has 0 atom stereocenters. The van der Waals surface area contributed by atoms with Gasteiger partial charge in [-0.2, -0.15) is 4.98 Å². The lowest BCUT2D eigenvalue weighted by atomic mass is 9.92. The molecule has 6 heteroatoms. The van der Waals surface area contributed by atoms with Crippen molar-refractivity contribution in [1.29, 1.82) is 0 Å². The van der Waals surface area contributed by atoms with E-state index in [1.165, 1.54) is 25.0 Å². The predicted molar refractivity (Wildman–Crippen MR) is 75.7 cm³/mol. The molecular formula is C14H17N3O3. The number of non-ortho nitro benzene ring substituents is 1. The number of nitro benzene ring substituents is 1. The van der Waals surface area contributed by atoms with Crippen LogP contribution < -0.4 is 5.32 Å². The first-order valence-electron chi connectivity index (χ1n) is 6.79. The second kappa shape index (κ2) is 4.47. The molecule has 1 aromatic heterocycles. The van der Waals surface area contributed by atoms with Crippen LogP contribution in [0, 0.1) is 21.4 Å². The number of nitro groups is 1. The topological polar surface area (TPSA) is 81.2 Å². The molecule has 1 fully saturated rings. The van der Waals surface area contributed by atoms with Gasteiger partial charge in [-0.15, -0.1) is 0 Å². The third-order valence-electron chi connectivity index (χ3n) is 4.29. The van der Waals surface area contributed by atoms with Crippen LogP contribution in [0.25, 0.3) is 11.1 Å². The van der Waals surface area contributed by atoms with E-state index in [4.69, 9.17) is 4.42 Å². The highest BCUT2D eigenvalue weighted by Gasteiger charge is 2.45. The molecule has 3 rings (SSSR count). The van der Waals surface area contributed by atoms with Crippen molar-refractivity contribution in [2.75, 3.05) is 11.9 Å². The Morgan fingerprint density at radius 2 is 2.25 bits per heavy atom. The molecule has 106 valence electrons. The highest BCUT2D eigenvalue weighted by molar-refractivity contribution is 5.77. The minimum absolute atomic E-state index is 0.0149. The normalized spacial score (nSPS) is 16.6. The monoisotopic (exact) mass is 275 g/mol. The van der Waals surface area contributed by atoms with Crippen LogP contribution in [0.5, 0.6) is 0 Å². The lowest BCUT2D eigenvalue weighted by Crippen LogP contribution is -2.20. The molecule has 0 saturated heterocycles. The van der Waals surface area contributed by atoms with Crippen molar-refractivity contribution < 1.29 is 9.34 Å². The minimum Gasteiger partial charge on any atom is -0.423 e. The maximum atomic E-state index is 10.7. The van der Waals surface area contributed by atoms with Gasteiger partial charge in [0.15, 0.2) is 5.58 Å². The van der Waals surface area contributed by atoms with Crippen molar-refractivity contribution in [2.45, 2.75) is 26.7 Å². The molecule has 0 bridgehead atoms. The Balaban J connectivity index is 1.78. The molecular weight excluding hydrogens is 258 g/mol. The van der Waals surface area contributed by atoms with Crippen molar-refractivity contribution >= 4 is 22.8 Å². The fraction of sp³-hybridized carbons (Fsp3) is 0.500. The summed E-state index contributed by atoms with van der Waals surface area (Å²) in [5.74, 6) is 0.625. The van der Waals surface area contributed by atoms with E-state index in [1.807, 2.05) is 0 Å². The Bertz CT molecular complexity index is 659. The van der Waals surface area contributed by atoms with Crippen LogP contribution in [0.1, 0.15) is 26.7 Å². The SMILES string of the molecule is CC(C)C1(CNc2nc3ccc([N+](=O)[O-])cc3o2)CC1. The molecule has 0 aliphatic heterocycles. The highest BCUT2D eigenvalue weighted by Crippen LogP contribution is 2.51. The number of hydrogen-bond acceptors (Lipinski definition) is 5. The van der Waals surface area contributed by atoms with E-state index < -0.39 is 4.92 Å². The first-order valence-corrected chi connectivity index (χ1v) is 6.79. The minimum atomic E-state index is -0.437. The van der Waals surface area contributed by atoms with Gasteiger partial charge in [0, 0.05) is 12.6 Å². The third kappa shape index (κ3) is 2.21. The summed E-state index contributed by atoms with van der Waals surface area (Å²) in [6.45, 7) is 5.29. The molecule has 0 amide bonds. The van der Waals surface area contributed by atoms with Crippen LogP contribution in [0.4, 0.5) is 11.7 Å². The third-order valence-corrected chi connectivity index (χ3v) is 4.29. The van der Waals surface area contributed by atoms with Crippen LogP contribution >= 0.6 is 0 Å². The summed E-state index contributed by atoms with van der Waals surface area (Å²) in [4.78, 5) is 14.6. The smallest absolute Gasteiger partial charge is 0.295 e. The fourth-order valence-electron chi connectivity index (χ4n) is 2.47. The van der Waals surface area contributed by atoms with Crippen LogP contribution in [0.2, 0.25) is 0 Å². The van der Waals surface area contributed by atoms with Gasteiger partial charge in [-0.1, -0.05) is 13.8 Å². The number of fused-ring (bicyclic) bond motifs is 1. The number of rotatable bonds is 5. The van der Waals surface area contributed by atoms with Crippen molar-refractivity contribution in [3.05, 3.63) is 28.3 Å². The molecule has 6 nitrogen and oxygen atoms in total. The van der Waals surface area contributed by atoms with Gasteiger partial charge in [0.05, 0.1) is 11.0 Å². The first kappa shape index (κ1) is 12.9. The number of nitrogens with one attached hydrogen (secondary N) is 1. The van der Waals surface area contributed by atoms with Crippen molar-refractivity contribution in [1.82, 2.24) is 4.98 Å². The lowest BCUT2D eigenvalue weighted by Gasteiger charge is -2.19. The summed E-state index contributed by atoms with van der Waals surface area (Å²) in [7, 11) is 0. The van der Waals surface area contributed by atoms with Gasteiger partial charge in [0.1, 0.15) is 5.52 Å². The molecule has 1 aliphatic carbocycles. The maximum Gasteiger partial charge on any atom is 0.295 e. The standard InChI is InChI=1S/C14H17N3O3/c1-9(2)14(5-6-14)8-15-13-16-11-4-3-10(17(18)19)7-12(11)20-13/h3-4,7,9H,5-6,8H2,1-2H3,(H,15,16).